The maximum atomic E-state index is 14.2. The minimum absolute atomic E-state index is 0.0188. The van der Waals surface area contributed by atoms with Gasteiger partial charge >= 0.3 is 18.0 Å². The van der Waals surface area contributed by atoms with Gasteiger partial charge in [-0.25, -0.2) is 14.4 Å². The number of carbonyl (C=O) groups is 3. The molecule has 0 aliphatic rings. The number of ether oxygens (including phenoxy) is 3. The van der Waals surface area contributed by atoms with Gasteiger partial charge in [-0.3, -0.25) is 0 Å². The molecule has 1 unspecified atom stereocenters. The molecular formula is C44H46N2O7. The van der Waals surface area contributed by atoms with Crippen LogP contribution in [0.15, 0.2) is 140 Å². The standard InChI is InChI=1S/C44H46N2O7/c1-31(2)28-46(29-40(52-30-33-17-9-5-10-18-33)43(49)53-39-22-14-13-21-38(39)51-3)44(50)45-41(42(47)48)37(27-32-15-7-4-8-16-32)36-25-23-35(24-26-36)34-19-11-6-12-20-34/h4-26,31,37,40-41H,27-30H2,1-3H3,(H,45,50)(H,47,48)/t37?,40-,41-/m0/s1. The number of hydrogen-bond donors (Lipinski definition) is 2. The number of urea groups is 1. The molecule has 0 aliphatic carbocycles. The fourth-order valence-electron chi connectivity index (χ4n) is 6.13. The number of rotatable bonds is 17. The molecule has 0 fully saturated rings. The molecule has 0 saturated carbocycles. The molecule has 0 aromatic heterocycles. The Morgan fingerprint density at radius 3 is 1.81 bits per heavy atom. The minimum atomic E-state index is -1.30. The van der Waals surface area contributed by atoms with Crippen molar-refractivity contribution in [2.75, 3.05) is 20.2 Å². The molecule has 2 amide bonds. The molecule has 0 aliphatic heterocycles. The lowest BCUT2D eigenvalue weighted by Crippen LogP contribution is -2.54. The molecule has 9 heteroatoms. The van der Waals surface area contributed by atoms with E-state index in [1.165, 1.54) is 12.0 Å². The zero-order chi connectivity index (χ0) is 37.6. The summed E-state index contributed by atoms with van der Waals surface area (Å²) in [4.78, 5) is 42.5. The molecule has 274 valence electrons. The summed E-state index contributed by atoms with van der Waals surface area (Å²) in [5.74, 6) is -1.96. The predicted octanol–water partition coefficient (Wildman–Crippen LogP) is 8.00. The van der Waals surface area contributed by atoms with Crippen molar-refractivity contribution in [2.45, 2.75) is 44.9 Å². The molecule has 0 saturated heterocycles. The third-order valence-electron chi connectivity index (χ3n) is 8.79. The highest BCUT2D eigenvalue weighted by Gasteiger charge is 2.35. The van der Waals surface area contributed by atoms with Gasteiger partial charge in [0, 0.05) is 12.5 Å². The Kier molecular flexibility index (Phi) is 13.8. The van der Waals surface area contributed by atoms with Gasteiger partial charge in [-0.2, -0.15) is 0 Å². The summed E-state index contributed by atoms with van der Waals surface area (Å²) in [7, 11) is 1.48. The van der Waals surface area contributed by atoms with Gasteiger partial charge in [0.05, 0.1) is 20.3 Å². The van der Waals surface area contributed by atoms with Crippen LogP contribution in [-0.4, -0.2) is 60.3 Å². The number of carboxylic acids is 1. The van der Waals surface area contributed by atoms with Crippen molar-refractivity contribution in [2.24, 2.45) is 5.92 Å². The van der Waals surface area contributed by atoms with Crippen LogP contribution in [0.4, 0.5) is 4.79 Å². The highest BCUT2D eigenvalue weighted by molar-refractivity contribution is 5.85. The Morgan fingerprint density at radius 2 is 1.23 bits per heavy atom. The number of methoxy groups -OCH3 is 1. The normalized spacial score (nSPS) is 12.7. The van der Waals surface area contributed by atoms with Gasteiger partial charge in [0.15, 0.2) is 17.6 Å². The fourth-order valence-corrected chi connectivity index (χ4v) is 6.13. The second-order valence-electron chi connectivity index (χ2n) is 13.2. The Balaban J connectivity index is 1.43. The molecule has 0 heterocycles. The van der Waals surface area contributed by atoms with E-state index >= 15 is 0 Å². The number of hydrogen-bond acceptors (Lipinski definition) is 6. The van der Waals surface area contributed by atoms with E-state index < -0.39 is 36.0 Å². The van der Waals surface area contributed by atoms with E-state index in [4.69, 9.17) is 14.2 Å². The molecule has 0 bridgehead atoms. The minimum Gasteiger partial charge on any atom is -0.493 e. The number of nitrogens with one attached hydrogen (secondary N) is 1. The Labute approximate surface area is 311 Å². The second kappa shape index (κ2) is 19.1. The van der Waals surface area contributed by atoms with Crippen LogP contribution in [0.5, 0.6) is 11.5 Å². The quantitative estimate of drug-likeness (QED) is 0.0741. The predicted molar refractivity (Wildman–Crippen MR) is 205 cm³/mol. The number of carboxylic acid groups (broad SMARTS) is 1. The van der Waals surface area contributed by atoms with Crippen molar-refractivity contribution < 1.29 is 33.7 Å². The highest BCUT2D eigenvalue weighted by Crippen LogP contribution is 2.29. The molecule has 3 atom stereocenters. The van der Waals surface area contributed by atoms with Crippen molar-refractivity contribution in [3.05, 3.63) is 156 Å². The van der Waals surface area contributed by atoms with Crippen molar-refractivity contribution in [3.8, 4) is 22.6 Å². The second-order valence-corrected chi connectivity index (χ2v) is 13.2. The maximum Gasteiger partial charge on any atom is 0.342 e. The molecule has 9 nitrogen and oxygen atoms in total. The lowest BCUT2D eigenvalue weighted by Gasteiger charge is -2.32. The van der Waals surface area contributed by atoms with Crippen LogP contribution >= 0.6 is 0 Å². The first kappa shape index (κ1) is 38.3. The van der Waals surface area contributed by atoms with Crippen LogP contribution in [0.25, 0.3) is 11.1 Å². The fraction of sp³-hybridized carbons (Fsp3) is 0.250. The van der Waals surface area contributed by atoms with Crippen molar-refractivity contribution in [3.63, 3.8) is 0 Å². The van der Waals surface area contributed by atoms with E-state index in [1.54, 1.807) is 24.3 Å². The van der Waals surface area contributed by atoms with Crippen LogP contribution in [-0.2, 0) is 27.4 Å². The van der Waals surface area contributed by atoms with E-state index in [9.17, 15) is 19.5 Å². The first-order valence-electron chi connectivity index (χ1n) is 17.7. The van der Waals surface area contributed by atoms with Crippen LogP contribution in [0, 0.1) is 5.92 Å². The molecule has 0 radical (unpaired) electrons. The lowest BCUT2D eigenvalue weighted by atomic mass is 9.85. The van der Waals surface area contributed by atoms with E-state index in [2.05, 4.69) is 5.32 Å². The number of nitrogens with zero attached hydrogens (tertiary/aromatic N) is 1. The summed E-state index contributed by atoms with van der Waals surface area (Å²) >= 11 is 0. The SMILES string of the molecule is COc1ccccc1OC(=O)[C@H](CN(CC(C)C)C(=O)N[C@H](C(=O)O)C(Cc1ccccc1)c1ccc(-c2ccccc2)cc1)OCc1ccccc1. The molecule has 5 aromatic carbocycles. The number of amides is 2. The number of aliphatic carboxylic acids is 1. The van der Waals surface area contributed by atoms with E-state index in [-0.39, 0.29) is 31.4 Å². The number of benzene rings is 5. The van der Waals surface area contributed by atoms with E-state index in [0.29, 0.717) is 12.2 Å². The van der Waals surface area contributed by atoms with Gasteiger partial charge in [0.2, 0.25) is 0 Å². The number of para-hydroxylation sites is 2. The molecule has 5 aromatic rings. The summed E-state index contributed by atoms with van der Waals surface area (Å²) < 4.78 is 17.3. The van der Waals surface area contributed by atoms with E-state index in [1.807, 2.05) is 129 Å². The molecule has 2 N–H and O–H groups in total. The summed E-state index contributed by atoms with van der Waals surface area (Å²) in [5, 5.41) is 13.5. The summed E-state index contributed by atoms with van der Waals surface area (Å²) in [6.45, 7) is 4.00. The summed E-state index contributed by atoms with van der Waals surface area (Å²) in [5.41, 5.74) is 4.56. The van der Waals surface area contributed by atoms with Gasteiger partial charge in [-0.05, 0) is 52.3 Å². The van der Waals surface area contributed by atoms with Crippen LogP contribution in [0.2, 0.25) is 0 Å². The van der Waals surface area contributed by atoms with Crippen LogP contribution in [0.3, 0.4) is 0 Å². The summed E-state index contributed by atoms with van der Waals surface area (Å²) in [6, 6.07) is 41.5. The zero-order valence-corrected chi connectivity index (χ0v) is 30.3. The van der Waals surface area contributed by atoms with Crippen molar-refractivity contribution in [1.29, 1.82) is 0 Å². The largest absolute Gasteiger partial charge is 0.493 e. The van der Waals surface area contributed by atoms with Gasteiger partial charge < -0.3 is 29.5 Å². The highest BCUT2D eigenvalue weighted by atomic mass is 16.6. The number of carbonyl (C=O) groups excluding carboxylic acids is 2. The molecule has 5 rings (SSSR count). The molecule has 0 spiro atoms. The Hall–Kier alpha value is -5.93. The third-order valence-corrected chi connectivity index (χ3v) is 8.79. The van der Waals surface area contributed by atoms with Gasteiger partial charge in [-0.15, -0.1) is 0 Å². The van der Waals surface area contributed by atoms with Crippen LogP contribution < -0.4 is 14.8 Å². The third kappa shape index (κ3) is 11.0. The number of esters is 1. The smallest absolute Gasteiger partial charge is 0.342 e. The van der Waals surface area contributed by atoms with Crippen molar-refractivity contribution >= 4 is 18.0 Å². The Morgan fingerprint density at radius 1 is 0.679 bits per heavy atom. The maximum absolute atomic E-state index is 14.2. The zero-order valence-electron chi connectivity index (χ0n) is 30.3. The monoisotopic (exact) mass is 714 g/mol. The molecular weight excluding hydrogens is 668 g/mol. The lowest BCUT2D eigenvalue weighted by molar-refractivity contribution is -0.149. The van der Waals surface area contributed by atoms with E-state index in [0.717, 1.165) is 27.8 Å². The topological polar surface area (TPSA) is 114 Å². The Bertz CT molecular complexity index is 1900. The first-order chi connectivity index (χ1) is 25.7. The van der Waals surface area contributed by atoms with Crippen molar-refractivity contribution in [1.82, 2.24) is 10.2 Å². The van der Waals surface area contributed by atoms with Gasteiger partial charge in [0.25, 0.3) is 0 Å². The average molecular weight is 715 g/mol. The summed E-state index contributed by atoms with van der Waals surface area (Å²) in [6.07, 6.45) is -0.848. The van der Waals surface area contributed by atoms with Crippen LogP contribution in [0.1, 0.15) is 36.5 Å². The molecule has 53 heavy (non-hydrogen) atoms. The van der Waals surface area contributed by atoms with Gasteiger partial charge in [-0.1, -0.05) is 141 Å². The van der Waals surface area contributed by atoms with Gasteiger partial charge in [0.1, 0.15) is 6.04 Å². The average Bonchev–Trinajstić information content (AvgIpc) is 3.18. The first-order valence-corrected chi connectivity index (χ1v) is 17.7.